The van der Waals surface area contributed by atoms with Gasteiger partial charge in [-0.15, -0.1) is 0 Å². The molecule has 3 aromatic rings. The van der Waals surface area contributed by atoms with E-state index in [1.54, 1.807) is 0 Å². The molecule has 1 aromatic carbocycles. The molecule has 0 atom stereocenters. The molecular weight excluding hydrogens is 274 g/mol. The van der Waals surface area contributed by atoms with E-state index in [2.05, 4.69) is 45.8 Å². The number of piperazine rings is 1. The monoisotopic (exact) mass is 293 g/mol. The van der Waals surface area contributed by atoms with Gasteiger partial charge >= 0.3 is 0 Å². The number of hydrogen-bond donors (Lipinski definition) is 2. The lowest BCUT2D eigenvalue weighted by Crippen LogP contribution is -2.43. The highest BCUT2D eigenvalue weighted by Crippen LogP contribution is 2.28. The molecule has 1 aliphatic heterocycles. The second-order valence-corrected chi connectivity index (χ2v) is 5.63. The summed E-state index contributed by atoms with van der Waals surface area (Å²) in [4.78, 5) is 2.42. The van der Waals surface area contributed by atoms with Crippen LogP contribution >= 0.6 is 0 Å². The number of nitrogens with zero attached hydrogens (tertiary/aromatic N) is 3. The molecule has 0 aliphatic carbocycles. The van der Waals surface area contributed by atoms with Crippen molar-refractivity contribution in [2.24, 2.45) is 0 Å². The molecule has 3 N–H and O–H groups in total. The van der Waals surface area contributed by atoms with Gasteiger partial charge in [-0.1, -0.05) is 12.1 Å². The van der Waals surface area contributed by atoms with E-state index < -0.39 is 0 Å². The lowest BCUT2D eigenvalue weighted by molar-refractivity contribution is 0.589. The molecule has 0 radical (unpaired) electrons. The van der Waals surface area contributed by atoms with Crippen LogP contribution in [0.1, 0.15) is 0 Å². The van der Waals surface area contributed by atoms with Gasteiger partial charge in [0, 0.05) is 49.8 Å². The first kappa shape index (κ1) is 13.2. The zero-order valence-corrected chi connectivity index (χ0v) is 12.4. The first-order chi connectivity index (χ1) is 10.8. The standard InChI is InChI=1S/C17H19N5/c18-15-3-1-13(2-4-15)14-11-17-16(5-6-20-22(17)12-14)21-9-7-19-8-10-21/h1-6,11-12,19H,7-10,18H2. The van der Waals surface area contributed by atoms with Gasteiger partial charge in [0.05, 0.1) is 11.2 Å². The van der Waals surface area contributed by atoms with E-state index in [0.29, 0.717) is 0 Å². The van der Waals surface area contributed by atoms with Crippen LogP contribution in [-0.4, -0.2) is 35.8 Å². The number of fused-ring (bicyclic) bond motifs is 1. The molecule has 2 aromatic heterocycles. The second kappa shape index (κ2) is 5.35. The Morgan fingerprint density at radius 2 is 1.77 bits per heavy atom. The predicted molar refractivity (Wildman–Crippen MR) is 90.1 cm³/mol. The Morgan fingerprint density at radius 3 is 2.55 bits per heavy atom. The maximum atomic E-state index is 5.77. The number of hydrogen-bond acceptors (Lipinski definition) is 4. The summed E-state index contributed by atoms with van der Waals surface area (Å²) < 4.78 is 1.96. The third-order valence-electron chi connectivity index (χ3n) is 4.19. The molecule has 1 aliphatic rings. The minimum atomic E-state index is 0.784. The van der Waals surface area contributed by atoms with Crippen LogP contribution in [0, 0.1) is 0 Å². The van der Waals surface area contributed by atoms with Crippen LogP contribution < -0.4 is 16.0 Å². The van der Waals surface area contributed by atoms with Crippen molar-refractivity contribution in [3.8, 4) is 11.1 Å². The Kier molecular flexibility index (Phi) is 3.20. The highest BCUT2D eigenvalue weighted by Gasteiger charge is 2.15. The van der Waals surface area contributed by atoms with Gasteiger partial charge in [0.25, 0.3) is 0 Å². The fraction of sp³-hybridized carbons (Fsp3) is 0.235. The highest BCUT2D eigenvalue weighted by atomic mass is 15.2. The normalized spacial score (nSPS) is 15.4. The number of nitrogens with two attached hydrogens (primary N) is 1. The first-order valence-electron chi connectivity index (χ1n) is 7.60. The fourth-order valence-corrected chi connectivity index (χ4v) is 3.01. The molecular formula is C17H19N5. The average molecular weight is 293 g/mol. The molecule has 5 heteroatoms. The number of benzene rings is 1. The molecule has 0 unspecified atom stereocenters. The largest absolute Gasteiger partial charge is 0.399 e. The molecule has 112 valence electrons. The molecule has 22 heavy (non-hydrogen) atoms. The van der Waals surface area contributed by atoms with Crippen LogP contribution in [0.15, 0.2) is 48.8 Å². The molecule has 4 rings (SSSR count). The maximum Gasteiger partial charge on any atom is 0.0886 e. The van der Waals surface area contributed by atoms with Gasteiger partial charge in [-0.05, 0) is 29.8 Å². The maximum absolute atomic E-state index is 5.77. The Hall–Kier alpha value is -2.53. The van der Waals surface area contributed by atoms with Crippen LogP contribution in [0.25, 0.3) is 16.6 Å². The van der Waals surface area contributed by atoms with Crippen molar-refractivity contribution in [2.45, 2.75) is 0 Å². The van der Waals surface area contributed by atoms with Crippen molar-refractivity contribution in [2.75, 3.05) is 36.8 Å². The third kappa shape index (κ3) is 2.29. The van der Waals surface area contributed by atoms with E-state index >= 15 is 0 Å². The van der Waals surface area contributed by atoms with E-state index in [0.717, 1.165) is 48.5 Å². The van der Waals surface area contributed by atoms with Gasteiger partial charge in [-0.25, -0.2) is 4.52 Å². The Labute approximate surface area is 129 Å². The van der Waals surface area contributed by atoms with Gasteiger partial charge in [-0.3, -0.25) is 0 Å². The second-order valence-electron chi connectivity index (χ2n) is 5.63. The number of nitrogen functional groups attached to an aromatic ring is 1. The molecule has 5 nitrogen and oxygen atoms in total. The Balaban J connectivity index is 1.78. The quantitative estimate of drug-likeness (QED) is 0.710. The number of anilines is 2. The van der Waals surface area contributed by atoms with Crippen LogP contribution in [-0.2, 0) is 0 Å². The van der Waals surface area contributed by atoms with Gasteiger partial charge < -0.3 is 16.0 Å². The number of nitrogens with one attached hydrogen (secondary N) is 1. The van der Waals surface area contributed by atoms with Crippen LogP contribution in [0.5, 0.6) is 0 Å². The molecule has 0 bridgehead atoms. The smallest absolute Gasteiger partial charge is 0.0886 e. The first-order valence-corrected chi connectivity index (χ1v) is 7.60. The van der Waals surface area contributed by atoms with E-state index in [4.69, 9.17) is 5.73 Å². The van der Waals surface area contributed by atoms with Crippen molar-refractivity contribution in [3.63, 3.8) is 0 Å². The Morgan fingerprint density at radius 1 is 1.00 bits per heavy atom. The minimum Gasteiger partial charge on any atom is -0.399 e. The summed E-state index contributed by atoms with van der Waals surface area (Å²) in [5.41, 5.74) is 11.3. The summed E-state index contributed by atoms with van der Waals surface area (Å²) in [6.45, 7) is 4.12. The van der Waals surface area contributed by atoms with Crippen LogP contribution in [0.2, 0.25) is 0 Å². The summed E-state index contributed by atoms with van der Waals surface area (Å²) in [6.07, 6.45) is 3.95. The van der Waals surface area contributed by atoms with Gasteiger partial charge in [0.2, 0.25) is 0 Å². The van der Waals surface area contributed by atoms with Crippen LogP contribution in [0.3, 0.4) is 0 Å². The summed E-state index contributed by atoms with van der Waals surface area (Å²) in [5, 5.41) is 7.84. The van der Waals surface area contributed by atoms with Crippen LogP contribution in [0.4, 0.5) is 11.4 Å². The highest BCUT2D eigenvalue weighted by molar-refractivity contribution is 5.80. The average Bonchev–Trinajstić information content (AvgIpc) is 3.00. The molecule has 0 spiro atoms. The van der Waals surface area contributed by atoms with E-state index in [-0.39, 0.29) is 0 Å². The minimum absolute atomic E-state index is 0.784. The lowest BCUT2D eigenvalue weighted by Gasteiger charge is -2.29. The van der Waals surface area contributed by atoms with Crippen molar-refractivity contribution >= 4 is 16.9 Å². The predicted octanol–water partition coefficient (Wildman–Crippen LogP) is 1.99. The van der Waals surface area contributed by atoms with Gasteiger partial charge in [0.1, 0.15) is 0 Å². The van der Waals surface area contributed by atoms with E-state index in [1.165, 1.54) is 5.69 Å². The zero-order chi connectivity index (χ0) is 14.9. The molecule has 0 saturated carbocycles. The third-order valence-corrected chi connectivity index (χ3v) is 4.19. The topological polar surface area (TPSA) is 58.6 Å². The lowest BCUT2D eigenvalue weighted by atomic mass is 10.1. The SMILES string of the molecule is Nc1ccc(-c2cc3c(N4CCNCC4)ccnn3c2)cc1. The zero-order valence-electron chi connectivity index (χ0n) is 12.4. The molecule has 1 fully saturated rings. The van der Waals surface area contributed by atoms with Gasteiger partial charge in [-0.2, -0.15) is 5.10 Å². The van der Waals surface area contributed by atoms with Crippen molar-refractivity contribution < 1.29 is 0 Å². The van der Waals surface area contributed by atoms with E-state index in [1.807, 2.05) is 22.8 Å². The van der Waals surface area contributed by atoms with E-state index in [9.17, 15) is 0 Å². The number of aromatic nitrogens is 2. The molecule has 1 saturated heterocycles. The summed E-state index contributed by atoms with van der Waals surface area (Å²) >= 11 is 0. The fourth-order valence-electron chi connectivity index (χ4n) is 3.01. The number of rotatable bonds is 2. The van der Waals surface area contributed by atoms with Crippen molar-refractivity contribution in [1.82, 2.24) is 14.9 Å². The van der Waals surface area contributed by atoms with Crippen molar-refractivity contribution in [3.05, 3.63) is 48.8 Å². The summed E-state index contributed by atoms with van der Waals surface area (Å²) in [7, 11) is 0. The summed E-state index contributed by atoms with van der Waals surface area (Å²) in [5.74, 6) is 0. The Bertz CT molecular complexity index is 784. The summed E-state index contributed by atoms with van der Waals surface area (Å²) in [6, 6.07) is 12.3. The van der Waals surface area contributed by atoms with Crippen molar-refractivity contribution in [1.29, 1.82) is 0 Å². The van der Waals surface area contributed by atoms with Gasteiger partial charge in [0.15, 0.2) is 0 Å². The molecule has 3 heterocycles. The molecule has 0 amide bonds.